The Morgan fingerprint density at radius 1 is 1.21 bits per heavy atom. The first kappa shape index (κ1) is 15.9. The highest BCUT2D eigenvalue weighted by atomic mass is 19.1. The second-order valence-electron chi connectivity index (χ2n) is 5.31. The van der Waals surface area contributed by atoms with Crippen molar-refractivity contribution in [3.8, 4) is 5.75 Å². The van der Waals surface area contributed by atoms with E-state index in [1.165, 1.54) is 17.0 Å². The van der Waals surface area contributed by atoms with E-state index in [-0.39, 0.29) is 30.2 Å². The molecule has 0 atom stereocenters. The van der Waals surface area contributed by atoms with Crippen LogP contribution in [0.5, 0.6) is 5.75 Å². The van der Waals surface area contributed by atoms with Crippen LogP contribution in [0.3, 0.4) is 0 Å². The molecule has 2 amide bonds. The first-order chi connectivity index (χ1) is 11.5. The van der Waals surface area contributed by atoms with E-state index in [1.54, 1.807) is 13.1 Å². The molecule has 0 fully saturated rings. The number of ether oxygens (including phenoxy) is 1. The summed E-state index contributed by atoms with van der Waals surface area (Å²) in [4.78, 5) is 25.6. The van der Waals surface area contributed by atoms with Crippen molar-refractivity contribution in [2.45, 2.75) is 6.42 Å². The molecule has 2 aromatic carbocycles. The average molecular weight is 332 g/mol. The van der Waals surface area contributed by atoms with Crippen LogP contribution in [-0.4, -0.2) is 25.5 Å². The van der Waals surface area contributed by atoms with Gasteiger partial charge in [0.1, 0.15) is 17.4 Å². The number of hydrogen-bond acceptors (Lipinski definition) is 3. The van der Waals surface area contributed by atoms with Gasteiger partial charge in [-0.15, -0.1) is 0 Å². The van der Waals surface area contributed by atoms with Gasteiger partial charge in [-0.25, -0.2) is 8.78 Å². The van der Waals surface area contributed by atoms with E-state index in [2.05, 4.69) is 5.32 Å². The summed E-state index contributed by atoms with van der Waals surface area (Å²) in [7, 11) is 1.59. The van der Waals surface area contributed by atoms with Crippen LogP contribution in [0.15, 0.2) is 36.4 Å². The van der Waals surface area contributed by atoms with Crippen LogP contribution >= 0.6 is 0 Å². The minimum Gasteiger partial charge on any atom is -0.491 e. The van der Waals surface area contributed by atoms with Crippen LogP contribution in [0.1, 0.15) is 16.8 Å². The predicted octanol–water partition coefficient (Wildman–Crippen LogP) is 2.96. The topological polar surface area (TPSA) is 58.6 Å². The van der Waals surface area contributed by atoms with E-state index < -0.39 is 17.5 Å². The highest BCUT2D eigenvalue weighted by molar-refractivity contribution is 6.06. The number of carbonyl (C=O) groups excluding carboxylic acids is 2. The maximum Gasteiger partial charge on any atom is 0.255 e. The monoisotopic (exact) mass is 332 g/mol. The Kier molecular flexibility index (Phi) is 4.16. The van der Waals surface area contributed by atoms with Gasteiger partial charge in [0.2, 0.25) is 5.91 Å². The largest absolute Gasteiger partial charge is 0.491 e. The standard InChI is InChI=1S/C17H14F2N2O3/c1-21-14-8-10(2-5-15(14)24-7-6-16(21)22)17(23)20-13-4-3-11(18)9-12(13)19/h2-5,8-9H,6-7H2,1H3,(H,20,23). The second kappa shape index (κ2) is 6.27. The van der Waals surface area contributed by atoms with Crippen molar-refractivity contribution < 1.29 is 23.1 Å². The van der Waals surface area contributed by atoms with E-state index in [4.69, 9.17) is 4.74 Å². The minimum absolute atomic E-state index is 0.128. The van der Waals surface area contributed by atoms with Gasteiger partial charge in [-0.05, 0) is 30.3 Å². The van der Waals surface area contributed by atoms with E-state index in [0.717, 1.165) is 12.1 Å². The van der Waals surface area contributed by atoms with Crippen LogP contribution in [0.2, 0.25) is 0 Å². The maximum absolute atomic E-state index is 13.6. The number of nitrogens with zero attached hydrogens (tertiary/aromatic N) is 1. The highest BCUT2D eigenvalue weighted by Gasteiger charge is 2.21. The third-order valence-electron chi connectivity index (χ3n) is 3.71. The normalized spacial score (nSPS) is 13.8. The Morgan fingerprint density at radius 2 is 2.00 bits per heavy atom. The molecule has 124 valence electrons. The van der Waals surface area contributed by atoms with Crippen LogP contribution in [0.25, 0.3) is 0 Å². The molecular weight excluding hydrogens is 318 g/mol. The zero-order chi connectivity index (χ0) is 17.3. The summed E-state index contributed by atoms with van der Waals surface area (Å²) in [6.45, 7) is 0.266. The fraction of sp³-hybridized carbons (Fsp3) is 0.176. The molecule has 3 rings (SSSR count). The molecule has 0 saturated carbocycles. The Labute approximate surface area is 136 Å². The molecule has 0 aliphatic carbocycles. The third kappa shape index (κ3) is 3.05. The lowest BCUT2D eigenvalue weighted by Crippen LogP contribution is -2.25. The molecule has 7 heteroatoms. The Hall–Kier alpha value is -2.96. The number of hydrogen-bond donors (Lipinski definition) is 1. The lowest BCUT2D eigenvalue weighted by atomic mass is 10.1. The fourth-order valence-electron chi connectivity index (χ4n) is 2.38. The van der Waals surface area contributed by atoms with Crippen molar-refractivity contribution >= 4 is 23.2 Å². The van der Waals surface area contributed by atoms with Gasteiger partial charge in [0.15, 0.2) is 0 Å². The van der Waals surface area contributed by atoms with Gasteiger partial charge in [-0.1, -0.05) is 0 Å². The summed E-state index contributed by atoms with van der Waals surface area (Å²) in [5, 5.41) is 2.38. The van der Waals surface area contributed by atoms with Gasteiger partial charge in [0.05, 0.1) is 24.4 Å². The number of halogens is 2. The summed E-state index contributed by atoms with van der Waals surface area (Å²) in [6.07, 6.45) is 0.244. The van der Waals surface area contributed by atoms with Crippen LogP contribution < -0.4 is 15.0 Å². The van der Waals surface area contributed by atoms with Gasteiger partial charge < -0.3 is 15.0 Å². The molecule has 0 radical (unpaired) electrons. The van der Waals surface area contributed by atoms with E-state index >= 15 is 0 Å². The zero-order valence-corrected chi connectivity index (χ0v) is 12.8. The molecule has 0 unspecified atom stereocenters. The molecule has 5 nitrogen and oxygen atoms in total. The summed E-state index contributed by atoms with van der Waals surface area (Å²) in [5.74, 6) is -1.81. The van der Waals surface area contributed by atoms with E-state index in [1.807, 2.05) is 0 Å². The summed E-state index contributed by atoms with van der Waals surface area (Å²) in [6, 6.07) is 7.47. The van der Waals surface area contributed by atoms with Crippen molar-refractivity contribution in [2.24, 2.45) is 0 Å². The third-order valence-corrected chi connectivity index (χ3v) is 3.71. The highest BCUT2D eigenvalue weighted by Crippen LogP contribution is 2.31. The molecule has 2 aromatic rings. The van der Waals surface area contributed by atoms with Gasteiger partial charge in [-0.3, -0.25) is 9.59 Å². The molecular formula is C17H14F2N2O3. The van der Waals surface area contributed by atoms with Crippen molar-refractivity contribution in [2.75, 3.05) is 23.9 Å². The molecule has 1 aliphatic heterocycles. The molecule has 0 aromatic heterocycles. The van der Waals surface area contributed by atoms with Crippen LogP contribution in [0.4, 0.5) is 20.2 Å². The van der Waals surface area contributed by atoms with Crippen LogP contribution in [0, 0.1) is 11.6 Å². The summed E-state index contributed by atoms with van der Waals surface area (Å²) >= 11 is 0. The summed E-state index contributed by atoms with van der Waals surface area (Å²) in [5.41, 5.74) is 0.560. The van der Waals surface area contributed by atoms with Crippen molar-refractivity contribution in [1.82, 2.24) is 0 Å². The minimum atomic E-state index is -0.867. The number of fused-ring (bicyclic) bond motifs is 1. The zero-order valence-electron chi connectivity index (χ0n) is 12.8. The lowest BCUT2D eigenvalue weighted by molar-refractivity contribution is -0.118. The van der Waals surface area contributed by atoms with Gasteiger partial charge in [0.25, 0.3) is 5.91 Å². The van der Waals surface area contributed by atoms with Crippen molar-refractivity contribution in [3.63, 3.8) is 0 Å². The Balaban J connectivity index is 1.88. The van der Waals surface area contributed by atoms with Gasteiger partial charge in [-0.2, -0.15) is 0 Å². The second-order valence-corrected chi connectivity index (χ2v) is 5.31. The molecule has 1 aliphatic rings. The first-order valence-corrected chi connectivity index (χ1v) is 7.25. The Bertz CT molecular complexity index is 823. The van der Waals surface area contributed by atoms with E-state index in [9.17, 15) is 18.4 Å². The average Bonchev–Trinajstić information content (AvgIpc) is 2.69. The quantitative estimate of drug-likeness (QED) is 0.920. The Morgan fingerprint density at radius 3 is 2.75 bits per heavy atom. The first-order valence-electron chi connectivity index (χ1n) is 7.25. The van der Waals surface area contributed by atoms with Crippen LogP contribution in [-0.2, 0) is 4.79 Å². The lowest BCUT2D eigenvalue weighted by Gasteiger charge is -2.17. The molecule has 1 N–H and O–H groups in total. The number of amides is 2. The molecule has 24 heavy (non-hydrogen) atoms. The number of nitrogens with one attached hydrogen (secondary N) is 1. The maximum atomic E-state index is 13.6. The number of carbonyl (C=O) groups is 2. The number of anilines is 2. The van der Waals surface area contributed by atoms with Crippen molar-refractivity contribution in [1.29, 1.82) is 0 Å². The number of rotatable bonds is 2. The molecule has 0 bridgehead atoms. The SMILES string of the molecule is CN1C(=O)CCOc2ccc(C(=O)Nc3ccc(F)cc3F)cc21. The predicted molar refractivity (Wildman–Crippen MR) is 84.3 cm³/mol. The molecule has 1 heterocycles. The van der Waals surface area contributed by atoms with Gasteiger partial charge in [0, 0.05) is 18.7 Å². The number of benzene rings is 2. The van der Waals surface area contributed by atoms with E-state index in [0.29, 0.717) is 17.5 Å². The fourth-order valence-corrected chi connectivity index (χ4v) is 2.38. The van der Waals surface area contributed by atoms with Gasteiger partial charge >= 0.3 is 0 Å². The summed E-state index contributed by atoms with van der Waals surface area (Å²) < 4.78 is 32.0. The smallest absolute Gasteiger partial charge is 0.255 e. The molecule has 0 saturated heterocycles. The molecule has 0 spiro atoms. The van der Waals surface area contributed by atoms with Crippen molar-refractivity contribution in [3.05, 3.63) is 53.6 Å².